The second-order valence-corrected chi connectivity index (χ2v) is 33.9. The lowest BCUT2D eigenvalue weighted by molar-refractivity contribution is 1.26. The Bertz CT molecular complexity index is 6300. The molecule has 0 aliphatic rings. The molecular weight excluding hydrogens is 1600 g/mol. The number of nitrogens with zero attached hydrogens (tertiary/aromatic N) is 6. The summed E-state index contributed by atoms with van der Waals surface area (Å²) < 4.78 is 0. The third-order valence-electron chi connectivity index (χ3n) is 24.3. The molecule has 0 saturated heterocycles. The molecule has 0 atom stereocenters. The smallest absolute Gasteiger partial charge is 0.0464 e. The van der Waals surface area contributed by atoms with Crippen molar-refractivity contribution in [3.05, 3.63) is 543 Å². The van der Waals surface area contributed by atoms with Crippen molar-refractivity contribution >= 4 is 102 Å². The maximum atomic E-state index is 2.35. The highest BCUT2D eigenvalue weighted by atomic mass is 15.2. The summed E-state index contributed by atoms with van der Waals surface area (Å²) in [5.74, 6) is 0. The molecule has 0 aliphatic heterocycles. The van der Waals surface area contributed by atoms with Gasteiger partial charge in [-0.05, 0) is 396 Å². The van der Waals surface area contributed by atoms with Gasteiger partial charge < -0.3 is 29.4 Å². The zero-order valence-electron chi connectivity index (χ0n) is 75.2. The zero-order valence-corrected chi connectivity index (χ0v) is 75.2. The van der Waals surface area contributed by atoms with Crippen molar-refractivity contribution in [3.63, 3.8) is 0 Å². The molecule has 20 aromatic carbocycles. The fourth-order valence-electron chi connectivity index (χ4n) is 17.8. The standard InChI is InChI=1S/C66H57N3.C60H45N3/c1-46-13-7-19-61(37-46)67(62-20-8-14-47(2)38-62)58-31-25-52(26-32-58)55-43-56(53-27-33-59(34-28-53)68(63-21-9-15-48(3)39-63)64-22-10-16-49(4)40-64)45-57(44-55)54-29-35-60(36-30-54)69(65-23-11-17-50(5)41-65)66-24-12-18-51(6)42-66;1-7-19-52(20-8-1)61(53-21-9-2-10-22-53)58-37-31-46(32-38-58)49-43-50(47-33-39-59(40-34-47)62(54-23-11-3-12-24-54)55-25-13-4-14-26-55)45-51(44-49)48-35-41-60(42-36-48)63(56-27-15-5-16-28-56)57-29-17-6-18-30-57/h7-45H,1-6H3;1-45H. The molecule has 0 amide bonds. The predicted molar refractivity (Wildman–Crippen MR) is 562 cm³/mol. The second kappa shape index (κ2) is 39.2. The van der Waals surface area contributed by atoms with Gasteiger partial charge in [-0.2, -0.15) is 0 Å². The van der Waals surface area contributed by atoms with Crippen molar-refractivity contribution in [2.45, 2.75) is 41.5 Å². The van der Waals surface area contributed by atoms with E-state index in [1.54, 1.807) is 0 Å². The van der Waals surface area contributed by atoms with E-state index < -0.39 is 0 Å². The number of rotatable bonds is 24. The highest BCUT2D eigenvalue weighted by Crippen LogP contribution is 2.46. The van der Waals surface area contributed by atoms with Gasteiger partial charge in [0.1, 0.15) is 0 Å². The van der Waals surface area contributed by atoms with Crippen LogP contribution in [0.4, 0.5) is 102 Å². The van der Waals surface area contributed by atoms with Crippen molar-refractivity contribution in [2.75, 3.05) is 29.4 Å². The first-order valence-corrected chi connectivity index (χ1v) is 45.3. The quantitative estimate of drug-likeness (QED) is 0.0596. The first-order valence-electron chi connectivity index (χ1n) is 45.3. The van der Waals surface area contributed by atoms with Gasteiger partial charge in [0.2, 0.25) is 0 Å². The Labute approximate surface area is 777 Å². The largest absolute Gasteiger partial charge is 0.311 e. The van der Waals surface area contributed by atoms with Gasteiger partial charge in [-0.1, -0.05) is 255 Å². The molecule has 132 heavy (non-hydrogen) atoms. The van der Waals surface area contributed by atoms with Crippen LogP contribution in [-0.4, -0.2) is 0 Å². The van der Waals surface area contributed by atoms with Crippen LogP contribution in [0.15, 0.2) is 510 Å². The van der Waals surface area contributed by atoms with Crippen LogP contribution < -0.4 is 29.4 Å². The van der Waals surface area contributed by atoms with E-state index in [2.05, 4.69) is 581 Å². The van der Waals surface area contributed by atoms with Crippen molar-refractivity contribution in [1.29, 1.82) is 0 Å². The van der Waals surface area contributed by atoms with Gasteiger partial charge in [-0.3, -0.25) is 0 Å². The van der Waals surface area contributed by atoms with Gasteiger partial charge in [0.25, 0.3) is 0 Å². The van der Waals surface area contributed by atoms with Crippen LogP contribution in [0.2, 0.25) is 0 Å². The van der Waals surface area contributed by atoms with E-state index in [9.17, 15) is 0 Å². The Morgan fingerprint density at radius 2 is 0.205 bits per heavy atom. The van der Waals surface area contributed by atoms with Gasteiger partial charge in [0, 0.05) is 102 Å². The fraction of sp³-hybridized carbons (Fsp3) is 0.0476. The lowest BCUT2D eigenvalue weighted by Crippen LogP contribution is -2.10. The van der Waals surface area contributed by atoms with E-state index in [1.807, 2.05) is 0 Å². The molecule has 636 valence electrons. The van der Waals surface area contributed by atoms with Crippen LogP contribution in [-0.2, 0) is 0 Å². The Morgan fingerprint density at radius 3 is 0.333 bits per heavy atom. The Balaban J connectivity index is 0.000000171. The minimum Gasteiger partial charge on any atom is -0.311 e. The molecule has 0 radical (unpaired) electrons. The maximum Gasteiger partial charge on any atom is 0.0464 e. The molecule has 0 bridgehead atoms. The molecule has 0 saturated carbocycles. The monoisotopic (exact) mass is 1700 g/mol. The van der Waals surface area contributed by atoms with E-state index in [4.69, 9.17) is 0 Å². The highest BCUT2D eigenvalue weighted by Gasteiger charge is 2.23. The summed E-state index contributed by atoms with van der Waals surface area (Å²) in [6.45, 7) is 12.9. The average molecular weight is 1700 g/mol. The van der Waals surface area contributed by atoms with Gasteiger partial charge in [-0.25, -0.2) is 0 Å². The van der Waals surface area contributed by atoms with Gasteiger partial charge in [0.15, 0.2) is 0 Å². The molecule has 0 heterocycles. The summed E-state index contributed by atoms with van der Waals surface area (Å²) in [7, 11) is 0. The molecule has 0 spiro atoms. The van der Waals surface area contributed by atoms with Gasteiger partial charge in [0.05, 0.1) is 0 Å². The first kappa shape index (κ1) is 84.7. The van der Waals surface area contributed by atoms with Crippen LogP contribution in [0.3, 0.4) is 0 Å². The van der Waals surface area contributed by atoms with Crippen LogP contribution >= 0.6 is 0 Å². The normalized spacial score (nSPS) is 11.0. The predicted octanol–water partition coefficient (Wildman–Crippen LogP) is 36.0. The van der Waals surface area contributed by atoms with Gasteiger partial charge >= 0.3 is 0 Å². The fourth-order valence-corrected chi connectivity index (χ4v) is 17.8. The third-order valence-corrected chi connectivity index (χ3v) is 24.3. The Hall–Kier alpha value is -16.8. The molecule has 0 unspecified atom stereocenters. The van der Waals surface area contributed by atoms with Crippen molar-refractivity contribution in [2.24, 2.45) is 0 Å². The topological polar surface area (TPSA) is 19.4 Å². The van der Waals surface area contributed by atoms with E-state index in [1.165, 1.54) is 33.4 Å². The van der Waals surface area contributed by atoms with Crippen LogP contribution in [0.1, 0.15) is 33.4 Å². The minimum absolute atomic E-state index is 1.10. The molecular formula is C126H102N6. The third kappa shape index (κ3) is 19.4. The number of aryl methyl sites for hydroxylation is 6. The molecule has 0 aliphatic carbocycles. The van der Waals surface area contributed by atoms with Crippen molar-refractivity contribution in [3.8, 4) is 66.8 Å². The molecule has 20 rings (SSSR count). The molecule has 20 aromatic rings. The molecule has 0 aromatic heterocycles. The molecule has 0 fully saturated rings. The number of benzene rings is 20. The first-order chi connectivity index (χ1) is 64.9. The van der Waals surface area contributed by atoms with Crippen LogP contribution in [0.25, 0.3) is 66.8 Å². The van der Waals surface area contributed by atoms with Crippen LogP contribution in [0, 0.1) is 41.5 Å². The summed E-state index contributed by atoms with van der Waals surface area (Å²) in [5.41, 5.74) is 41.3. The lowest BCUT2D eigenvalue weighted by Gasteiger charge is -2.26. The van der Waals surface area contributed by atoms with E-state index in [-0.39, 0.29) is 0 Å². The van der Waals surface area contributed by atoms with Crippen molar-refractivity contribution in [1.82, 2.24) is 0 Å². The summed E-state index contributed by atoms with van der Waals surface area (Å²) in [6, 6.07) is 184. The maximum absolute atomic E-state index is 2.35. The minimum atomic E-state index is 1.10. The Kier molecular flexibility index (Phi) is 25.2. The van der Waals surface area contributed by atoms with Crippen molar-refractivity contribution < 1.29 is 0 Å². The number of hydrogen-bond acceptors (Lipinski definition) is 6. The highest BCUT2D eigenvalue weighted by molar-refractivity contribution is 5.90. The summed E-state index contributed by atoms with van der Waals surface area (Å²) in [6.07, 6.45) is 0. The lowest BCUT2D eigenvalue weighted by atomic mass is 9.93. The molecule has 6 heteroatoms. The zero-order chi connectivity index (χ0) is 89.6. The second-order valence-electron chi connectivity index (χ2n) is 33.9. The summed E-state index contributed by atoms with van der Waals surface area (Å²) in [5, 5.41) is 0. The van der Waals surface area contributed by atoms with E-state index in [0.717, 1.165) is 169 Å². The number of anilines is 18. The summed E-state index contributed by atoms with van der Waals surface area (Å²) in [4.78, 5) is 14.0. The van der Waals surface area contributed by atoms with Crippen LogP contribution in [0.5, 0.6) is 0 Å². The SMILES string of the molecule is Cc1cccc(N(c2ccc(-c3cc(-c4ccc(N(c5cccc(C)c5)c5cccc(C)c5)cc4)cc(-c4ccc(N(c5cccc(C)c5)c5cccc(C)c5)cc4)c3)cc2)c2cccc(C)c2)c1.c1ccc(N(c2ccccc2)c2ccc(-c3cc(-c4ccc(N(c5ccccc5)c5ccccc5)cc4)cc(-c4ccc(N(c5ccccc5)c5ccccc5)cc4)c3)cc2)cc1. The Morgan fingerprint density at radius 1 is 0.0909 bits per heavy atom. The molecule has 0 N–H and O–H groups in total. The average Bonchev–Trinajstić information content (AvgIpc) is 0.777. The number of hydrogen-bond donors (Lipinski definition) is 0. The van der Waals surface area contributed by atoms with E-state index >= 15 is 0 Å². The van der Waals surface area contributed by atoms with E-state index in [0.29, 0.717) is 0 Å². The number of para-hydroxylation sites is 6. The summed E-state index contributed by atoms with van der Waals surface area (Å²) >= 11 is 0. The molecule has 6 nitrogen and oxygen atoms in total. The van der Waals surface area contributed by atoms with Gasteiger partial charge in [-0.15, -0.1) is 0 Å².